The highest BCUT2D eigenvalue weighted by Gasteiger charge is 2.04. The van der Waals surface area contributed by atoms with Gasteiger partial charge in [0.05, 0.1) is 17.7 Å². The van der Waals surface area contributed by atoms with Crippen LogP contribution in [0.3, 0.4) is 0 Å². The molecule has 0 radical (unpaired) electrons. The van der Waals surface area contributed by atoms with Crippen LogP contribution < -0.4 is 5.32 Å². The van der Waals surface area contributed by atoms with E-state index in [-0.39, 0.29) is 0 Å². The Kier molecular flexibility index (Phi) is 3.22. The van der Waals surface area contributed by atoms with Crippen molar-refractivity contribution in [3.05, 3.63) is 41.5 Å². The Morgan fingerprint density at radius 1 is 1.28 bits per heavy atom. The molecule has 0 unspecified atom stereocenters. The summed E-state index contributed by atoms with van der Waals surface area (Å²) in [5, 5.41) is 24.8. The van der Waals surface area contributed by atoms with Crippen LogP contribution in [0.25, 0.3) is 0 Å². The van der Waals surface area contributed by atoms with E-state index in [2.05, 4.69) is 15.4 Å². The van der Waals surface area contributed by atoms with Crippen LogP contribution in [0.15, 0.2) is 24.5 Å². The lowest BCUT2D eigenvalue weighted by atomic mass is 10.1. The van der Waals surface area contributed by atoms with Gasteiger partial charge in [-0.25, -0.2) is 4.98 Å². The fourth-order valence-corrected chi connectivity index (χ4v) is 1.51. The third kappa shape index (κ3) is 2.28. The van der Waals surface area contributed by atoms with Gasteiger partial charge < -0.3 is 5.32 Å². The summed E-state index contributed by atoms with van der Waals surface area (Å²) < 4.78 is 1.67. The van der Waals surface area contributed by atoms with Crippen LogP contribution in [0.5, 0.6) is 0 Å². The summed E-state index contributed by atoms with van der Waals surface area (Å²) in [6, 6.07) is 9.00. The van der Waals surface area contributed by atoms with E-state index in [4.69, 9.17) is 10.5 Å². The molecule has 2 rings (SSSR count). The molecule has 88 valence electrons. The molecule has 0 bridgehead atoms. The molecule has 1 N–H and O–H groups in total. The summed E-state index contributed by atoms with van der Waals surface area (Å²) in [6.45, 7) is 0.507. The fraction of sp³-hybridized carbons (Fsp3) is 0.167. The quantitative estimate of drug-likeness (QED) is 0.866. The van der Waals surface area contributed by atoms with Crippen molar-refractivity contribution < 1.29 is 0 Å². The zero-order valence-corrected chi connectivity index (χ0v) is 9.75. The van der Waals surface area contributed by atoms with Crippen LogP contribution in [0.4, 0.5) is 5.69 Å². The minimum Gasteiger partial charge on any atom is -0.378 e. The van der Waals surface area contributed by atoms with Crippen LogP contribution in [0.1, 0.15) is 17.0 Å². The number of aryl methyl sites for hydroxylation is 1. The van der Waals surface area contributed by atoms with E-state index in [1.165, 1.54) is 6.33 Å². The Morgan fingerprint density at radius 3 is 2.67 bits per heavy atom. The van der Waals surface area contributed by atoms with Gasteiger partial charge >= 0.3 is 0 Å². The van der Waals surface area contributed by atoms with Crippen molar-refractivity contribution in [2.45, 2.75) is 6.54 Å². The summed E-state index contributed by atoms with van der Waals surface area (Å²) in [6.07, 6.45) is 1.48. The molecule has 0 aliphatic heterocycles. The second kappa shape index (κ2) is 4.98. The molecule has 0 amide bonds. The Bertz CT molecular complexity index is 643. The average Bonchev–Trinajstić information content (AvgIpc) is 2.81. The van der Waals surface area contributed by atoms with Gasteiger partial charge in [-0.1, -0.05) is 0 Å². The largest absolute Gasteiger partial charge is 0.378 e. The van der Waals surface area contributed by atoms with Crippen molar-refractivity contribution in [3.8, 4) is 12.1 Å². The van der Waals surface area contributed by atoms with Gasteiger partial charge in [-0.2, -0.15) is 15.6 Å². The first kappa shape index (κ1) is 11.6. The number of hydrogen-bond donors (Lipinski definition) is 1. The number of nitrogens with zero attached hydrogens (tertiary/aromatic N) is 5. The summed E-state index contributed by atoms with van der Waals surface area (Å²) in [5.41, 5.74) is 1.51. The second-order valence-corrected chi connectivity index (χ2v) is 3.64. The Labute approximate surface area is 104 Å². The molecule has 0 fully saturated rings. The topological polar surface area (TPSA) is 90.3 Å². The first-order chi connectivity index (χ1) is 8.74. The molecule has 6 heteroatoms. The highest BCUT2D eigenvalue weighted by atomic mass is 15.3. The van der Waals surface area contributed by atoms with Gasteiger partial charge in [0.2, 0.25) is 0 Å². The van der Waals surface area contributed by atoms with Crippen molar-refractivity contribution in [1.29, 1.82) is 10.5 Å². The first-order valence-corrected chi connectivity index (χ1v) is 5.25. The second-order valence-electron chi connectivity index (χ2n) is 3.64. The minimum absolute atomic E-state index is 0.362. The Balaban J connectivity index is 2.14. The molecule has 0 saturated heterocycles. The van der Waals surface area contributed by atoms with E-state index in [9.17, 15) is 0 Å². The highest BCUT2D eigenvalue weighted by Crippen LogP contribution is 2.15. The van der Waals surface area contributed by atoms with E-state index >= 15 is 0 Å². The minimum atomic E-state index is 0.362. The number of benzene rings is 1. The van der Waals surface area contributed by atoms with Gasteiger partial charge in [-0.15, -0.1) is 0 Å². The monoisotopic (exact) mass is 238 g/mol. The van der Waals surface area contributed by atoms with E-state index in [0.29, 0.717) is 17.7 Å². The Morgan fingerprint density at radius 2 is 2.06 bits per heavy atom. The maximum absolute atomic E-state index is 8.91. The first-order valence-electron chi connectivity index (χ1n) is 5.25. The molecule has 1 aromatic heterocycles. The van der Waals surface area contributed by atoms with E-state index in [1.807, 2.05) is 19.2 Å². The van der Waals surface area contributed by atoms with Gasteiger partial charge in [0.25, 0.3) is 0 Å². The molecule has 0 saturated carbocycles. The molecule has 2 aromatic rings. The number of aromatic nitrogens is 3. The van der Waals surface area contributed by atoms with Gasteiger partial charge in [-0.3, -0.25) is 4.68 Å². The van der Waals surface area contributed by atoms with Gasteiger partial charge in [0.1, 0.15) is 24.3 Å². The smallest absolute Gasteiger partial charge is 0.145 e. The van der Waals surface area contributed by atoms with Crippen LogP contribution in [-0.4, -0.2) is 14.8 Å². The van der Waals surface area contributed by atoms with Crippen LogP contribution in [-0.2, 0) is 13.6 Å². The highest BCUT2D eigenvalue weighted by molar-refractivity contribution is 5.56. The van der Waals surface area contributed by atoms with Crippen LogP contribution in [0.2, 0.25) is 0 Å². The molecule has 0 aliphatic rings. The predicted octanol–water partition coefficient (Wildman–Crippen LogP) is 1.17. The lowest BCUT2D eigenvalue weighted by Crippen LogP contribution is -2.07. The number of nitriles is 2. The summed E-state index contributed by atoms with van der Waals surface area (Å²) in [5.74, 6) is 0.790. The van der Waals surface area contributed by atoms with Gasteiger partial charge in [0.15, 0.2) is 0 Å². The number of anilines is 1. The molecule has 18 heavy (non-hydrogen) atoms. The number of nitrogens with one attached hydrogen (secondary N) is 1. The van der Waals surface area contributed by atoms with E-state index in [1.54, 1.807) is 22.9 Å². The SMILES string of the molecule is Cn1ncnc1CNc1ccc(C#N)c(C#N)c1. The Hall–Kier alpha value is -2.86. The van der Waals surface area contributed by atoms with Gasteiger partial charge in [0, 0.05) is 12.7 Å². The lowest BCUT2D eigenvalue weighted by molar-refractivity contribution is 0.712. The molecule has 0 spiro atoms. The van der Waals surface area contributed by atoms with Crippen LogP contribution in [0, 0.1) is 22.7 Å². The maximum Gasteiger partial charge on any atom is 0.145 e. The molecule has 1 heterocycles. The summed E-state index contributed by atoms with van der Waals surface area (Å²) >= 11 is 0. The third-order valence-corrected chi connectivity index (χ3v) is 2.52. The number of rotatable bonds is 3. The standard InChI is InChI=1S/C12H10N6/c1-18-12(16-8-17-18)7-15-11-3-2-9(5-13)10(4-11)6-14/h2-4,8,15H,7H2,1H3. The van der Waals surface area contributed by atoms with E-state index < -0.39 is 0 Å². The molecule has 0 atom stereocenters. The van der Waals surface area contributed by atoms with Crippen molar-refractivity contribution in [2.24, 2.45) is 7.05 Å². The van der Waals surface area contributed by atoms with Crippen molar-refractivity contribution in [3.63, 3.8) is 0 Å². The summed E-state index contributed by atoms with van der Waals surface area (Å²) in [4.78, 5) is 4.08. The molecular weight excluding hydrogens is 228 g/mol. The average molecular weight is 238 g/mol. The zero-order chi connectivity index (χ0) is 13.0. The van der Waals surface area contributed by atoms with E-state index in [0.717, 1.165) is 11.5 Å². The molecule has 0 aliphatic carbocycles. The number of hydrogen-bond acceptors (Lipinski definition) is 5. The molecule has 6 nitrogen and oxygen atoms in total. The lowest BCUT2D eigenvalue weighted by Gasteiger charge is -2.06. The van der Waals surface area contributed by atoms with Crippen molar-refractivity contribution in [2.75, 3.05) is 5.32 Å². The zero-order valence-electron chi connectivity index (χ0n) is 9.75. The third-order valence-electron chi connectivity index (χ3n) is 2.52. The molecular formula is C12H10N6. The summed E-state index contributed by atoms with van der Waals surface area (Å²) in [7, 11) is 1.81. The van der Waals surface area contributed by atoms with Crippen LogP contribution >= 0.6 is 0 Å². The maximum atomic E-state index is 8.91. The normalized spacial score (nSPS) is 9.50. The van der Waals surface area contributed by atoms with Gasteiger partial charge in [-0.05, 0) is 18.2 Å². The molecule has 1 aromatic carbocycles. The van der Waals surface area contributed by atoms with Crippen molar-refractivity contribution in [1.82, 2.24) is 14.8 Å². The van der Waals surface area contributed by atoms with Crippen molar-refractivity contribution >= 4 is 5.69 Å². The predicted molar refractivity (Wildman–Crippen MR) is 64.2 cm³/mol. The fourth-order valence-electron chi connectivity index (χ4n) is 1.51.